The van der Waals surface area contributed by atoms with E-state index in [2.05, 4.69) is 28.0 Å². The third-order valence-corrected chi connectivity index (χ3v) is 14.1. The van der Waals surface area contributed by atoms with E-state index < -0.39 is 68.7 Å². The number of pyridine rings is 1. The van der Waals surface area contributed by atoms with Gasteiger partial charge in [0, 0.05) is 34.9 Å². The molecule has 8 rings (SSSR count). The maximum atomic E-state index is 14.7. The number of hydrogen-bond acceptors (Lipinski definition) is 10. The van der Waals surface area contributed by atoms with Crippen LogP contribution in [0.15, 0.2) is 55.1 Å². The minimum Gasteiger partial charge on any atom is -0.497 e. The SMILES string of the molecule is C=CC1CC1(NC(=O)[C@@H]1C[C@@H](Oc2c3c(nc4cc(OC)ccc24)-c2ccccc2CC3)CN1C(=O)[C@@H](NC(=O)OC1CCCC1)C(C)C)C(=O)NS(=O)(=O)C1CC1. The fraction of sp³-hybridized carbons (Fsp3) is 0.512. The molecular formula is C43H51N5O9S. The number of aromatic nitrogens is 1. The molecule has 1 saturated heterocycles. The van der Waals surface area contributed by atoms with Crippen LogP contribution in [0, 0.1) is 11.8 Å². The predicted molar refractivity (Wildman–Crippen MR) is 215 cm³/mol. The van der Waals surface area contributed by atoms with E-state index in [1.807, 2.05) is 36.4 Å². The molecule has 14 nitrogen and oxygen atoms in total. The summed E-state index contributed by atoms with van der Waals surface area (Å²) in [4.78, 5) is 62.4. The standard InChI is InChI=1S/C43H51N5O9S/c1-5-26-22-43(26,41(51)47-58(53,54)30-16-17-30)46-39(49)35-21-29(23-48(35)40(50)36(24(2)3)45-42(52)57-27-11-7-8-12-27)56-38-32-19-15-28(55-4)20-34(32)44-37-31-13-9-6-10-25(31)14-18-33(37)38/h5-6,9-10,13,15,19-20,24,26-27,29-30,35-36H,1,7-8,11-12,14,16-18,21-23H2,2-4H3,(H,45,52)(H,46,49)(H,47,51)/t26?,29-,35+,36+,43?/m1/s1. The van der Waals surface area contributed by atoms with Crippen molar-refractivity contribution in [2.75, 3.05) is 13.7 Å². The van der Waals surface area contributed by atoms with E-state index >= 15 is 0 Å². The van der Waals surface area contributed by atoms with E-state index in [0.717, 1.165) is 54.3 Å². The Balaban J connectivity index is 1.12. The van der Waals surface area contributed by atoms with Crippen LogP contribution in [0.2, 0.25) is 0 Å². The molecule has 1 aliphatic heterocycles. The third kappa shape index (κ3) is 7.60. The first-order chi connectivity index (χ1) is 27.8. The van der Waals surface area contributed by atoms with Crippen molar-refractivity contribution in [3.63, 3.8) is 0 Å². The number of nitrogens with one attached hydrogen (secondary N) is 3. The highest BCUT2D eigenvalue weighted by Crippen LogP contribution is 2.46. The average Bonchev–Trinajstić information content (AvgIpc) is 4.09. The minimum atomic E-state index is -3.91. The van der Waals surface area contributed by atoms with E-state index in [1.54, 1.807) is 21.0 Å². The summed E-state index contributed by atoms with van der Waals surface area (Å²) in [5.74, 6) is -1.64. The van der Waals surface area contributed by atoms with Crippen molar-refractivity contribution >= 4 is 44.7 Å². The van der Waals surface area contributed by atoms with E-state index in [0.29, 0.717) is 36.3 Å². The number of alkyl carbamates (subject to hydrolysis) is 1. The van der Waals surface area contributed by atoms with Gasteiger partial charge in [-0.25, -0.2) is 18.2 Å². The summed E-state index contributed by atoms with van der Waals surface area (Å²) in [6, 6.07) is 11.5. The van der Waals surface area contributed by atoms with E-state index in [1.165, 1.54) is 16.5 Å². The number of benzene rings is 2. The number of hydrogen-bond donors (Lipinski definition) is 3. The lowest BCUT2D eigenvalue weighted by Crippen LogP contribution is -2.59. The van der Waals surface area contributed by atoms with Gasteiger partial charge in [0.25, 0.3) is 5.91 Å². The van der Waals surface area contributed by atoms with Gasteiger partial charge in [-0.05, 0) is 81.4 Å². The molecule has 3 saturated carbocycles. The van der Waals surface area contributed by atoms with Crippen molar-refractivity contribution in [1.82, 2.24) is 25.2 Å². The summed E-state index contributed by atoms with van der Waals surface area (Å²) >= 11 is 0. The van der Waals surface area contributed by atoms with Gasteiger partial charge in [-0.3, -0.25) is 19.1 Å². The number of rotatable bonds is 13. The Bertz CT molecular complexity index is 2270. The Kier molecular flexibility index (Phi) is 10.6. The molecule has 15 heteroatoms. The molecule has 0 spiro atoms. The Morgan fingerprint density at radius 3 is 2.47 bits per heavy atom. The second-order valence-corrected chi connectivity index (χ2v) is 18.6. The van der Waals surface area contributed by atoms with Crippen LogP contribution in [0.25, 0.3) is 22.2 Å². The minimum absolute atomic E-state index is 0.00896. The number of carbonyl (C=O) groups excluding carboxylic acids is 4. The fourth-order valence-electron chi connectivity index (χ4n) is 8.77. The van der Waals surface area contributed by atoms with Crippen molar-refractivity contribution < 1.29 is 41.8 Å². The zero-order chi connectivity index (χ0) is 40.9. The molecule has 1 aromatic heterocycles. The molecule has 4 fully saturated rings. The van der Waals surface area contributed by atoms with Crippen LogP contribution in [0.1, 0.15) is 76.3 Å². The number of fused-ring (bicyclic) bond motifs is 4. The second-order valence-electron chi connectivity index (χ2n) is 16.7. The molecular weight excluding hydrogens is 763 g/mol. The summed E-state index contributed by atoms with van der Waals surface area (Å²) in [5, 5.41) is 5.74. The largest absolute Gasteiger partial charge is 0.497 e. The van der Waals surface area contributed by atoms with Crippen molar-refractivity contribution in [1.29, 1.82) is 0 Å². The van der Waals surface area contributed by atoms with Crippen LogP contribution in [0.3, 0.4) is 0 Å². The van der Waals surface area contributed by atoms with Crippen LogP contribution < -0.4 is 24.8 Å². The normalized spacial score (nSPS) is 24.3. The Morgan fingerprint density at radius 2 is 1.78 bits per heavy atom. The number of likely N-dealkylation sites (tertiary alicyclic amines) is 1. The smallest absolute Gasteiger partial charge is 0.408 e. The average molecular weight is 814 g/mol. The Morgan fingerprint density at radius 1 is 1.02 bits per heavy atom. The molecule has 5 aliphatic rings. The van der Waals surface area contributed by atoms with Gasteiger partial charge in [-0.15, -0.1) is 6.58 Å². The summed E-state index contributed by atoms with van der Waals surface area (Å²) in [6.45, 7) is 7.41. The van der Waals surface area contributed by atoms with E-state index in [4.69, 9.17) is 19.2 Å². The van der Waals surface area contributed by atoms with Gasteiger partial charge in [0.1, 0.15) is 41.3 Å². The van der Waals surface area contributed by atoms with Crippen LogP contribution >= 0.6 is 0 Å². The zero-order valence-corrected chi connectivity index (χ0v) is 33.9. The molecule has 2 unspecified atom stereocenters. The van der Waals surface area contributed by atoms with Gasteiger partial charge in [0.15, 0.2) is 0 Å². The molecule has 4 aliphatic carbocycles. The molecule has 3 N–H and O–H groups in total. The summed E-state index contributed by atoms with van der Waals surface area (Å²) in [7, 11) is -2.32. The molecule has 4 amide bonds. The zero-order valence-electron chi connectivity index (χ0n) is 33.1. The van der Waals surface area contributed by atoms with Gasteiger partial charge in [0.05, 0.1) is 30.1 Å². The first kappa shape index (κ1) is 39.6. The number of sulfonamides is 1. The Labute approximate surface area is 338 Å². The number of nitrogens with zero attached hydrogens (tertiary/aromatic N) is 2. The number of amides is 4. The van der Waals surface area contributed by atoms with Crippen LogP contribution in [-0.4, -0.2) is 90.9 Å². The van der Waals surface area contributed by atoms with Crippen molar-refractivity contribution in [2.24, 2.45) is 11.8 Å². The van der Waals surface area contributed by atoms with Gasteiger partial charge < -0.3 is 29.7 Å². The first-order valence-corrected chi connectivity index (χ1v) is 21.9. The van der Waals surface area contributed by atoms with Crippen LogP contribution in [-0.2, 0) is 42.0 Å². The predicted octanol–water partition coefficient (Wildman–Crippen LogP) is 4.72. The van der Waals surface area contributed by atoms with E-state index in [-0.39, 0.29) is 31.4 Å². The number of carbonyl (C=O) groups is 4. The highest BCUT2D eigenvalue weighted by molar-refractivity contribution is 7.91. The quantitative estimate of drug-likeness (QED) is 0.204. The number of aryl methyl sites for hydroxylation is 1. The van der Waals surface area contributed by atoms with E-state index in [9.17, 15) is 27.6 Å². The molecule has 3 aromatic rings. The van der Waals surface area contributed by atoms with Crippen molar-refractivity contribution in [3.05, 3.63) is 66.2 Å². The second kappa shape index (κ2) is 15.5. The van der Waals surface area contributed by atoms with Crippen LogP contribution in [0.4, 0.5) is 4.79 Å². The van der Waals surface area contributed by atoms with Crippen molar-refractivity contribution in [2.45, 2.75) is 113 Å². The summed E-state index contributed by atoms with van der Waals surface area (Å²) in [6.07, 6.45) is 5.91. The maximum Gasteiger partial charge on any atom is 0.408 e. The van der Waals surface area contributed by atoms with Gasteiger partial charge in [0.2, 0.25) is 21.8 Å². The molecule has 2 heterocycles. The lowest BCUT2D eigenvalue weighted by atomic mass is 9.87. The molecule has 58 heavy (non-hydrogen) atoms. The summed E-state index contributed by atoms with van der Waals surface area (Å²) in [5.41, 5.74) is 2.99. The molecule has 5 atom stereocenters. The van der Waals surface area contributed by atoms with Gasteiger partial charge in [-0.2, -0.15) is 0 Å². The van der Waals surface area contributed by atoms with Crippen LogP contribution in [0.5, 0.6) is 11.5 Å². The fourth-order valence-corrected chi connectivity index (χ4v) is 10.1. The number of methoxy groups -OCH3 is 1. The lowest BCUT2D eigenvalue weighted by Gasteiger charge is -2.31. The number of ether oxygens (including phenoxy) is 3. The highest BCUT2D eigenvalue weighted by atomic mass is 32.2. The topological polar surface area (TPSA) is 182 Å². The van der Waals surface area contributed by atoms with Gasteiger partial charge >= 0.3 is 6.09 Å². The highest BCUT2D eigenvalue weighted by Gasteiger charge is 2.62. The lowest BCUT2D eigenvalue weighted by molar-refractivity contribution is -0.141. The molecule has 0 bridgehead atoms. The third-order valence-electron chi connectivity index (χ3n) is 12.3. The Hall–Kier alpha value is -5.18. The maximum absolute atomic E-state index is 14.7. The molecule has 308 valence electrons. The van der Waals surface area contributed by atoms with Gasteiger partial charge in [-0.1, -0.05) is 44.2 Å². The molecule has 0 radical (unpaired) electrons. The monoisotopic (exact) mass is 813 g/mol. The first-order valence-electron chi connectivity index (χ1n) is 20.4. The summed E-state index contributed by atoms with van der Waals surface area (Å²) < 4.78 is 45.9. The van der Waals surface area contributed by atoms with Crippen molar-refractivity contribution in [3.8, 4) is 22.8 Å². The molecule has 2 aromatic carbocycles.